The summed E-state index contributed by atoms with van der Waals surface area (Å²) in [7, 11) is -1.89. The standard InChI is InChI=1S/C20H22N4O4S2/c1-28-15-7-8-18-16(11-15)22-20(29-18)23(13-14-5-3-9-21-12-14)19(25)17-6-4-10-24(17)30(2,26)27/h3,5,7-9,11-12,17H,4,6,10,13H2,1-2H3. The largest absolute Gasteiger partial charge is 0.497 e. The molecular weight excluding hydrogens is 424 g/mol. The first-order valence-corrected chi connectivity index (χ1v) is 12.1. The van der Waals surface area contributed by atoms with Gasteiger partial charge < -0.3 is 4.74 Å². The van der Waals surface area contributed by atoms with E-state index in [0.717, 1.165) is 22.0 Å². The van der Waals surface area contributed by atoms with E-state index in [0.29, 0.717) is 30.3 Å². The summed E-state index contributed by atoms with van der Waals surface area (Å²) in [5.41, 5.74) is 1.57. The third kappa shape index (κ3) is 4.16. The fourth-order valence-electron chi connectivity index (χ4n) is 3.62. The number of nitrogens with zero attached hydrogens (tertiary/aromatic N) is 4. The Bertz CT molecular complexity index is 1160. The molecule has 3 heterocycles. The van der Waals surface area contributed by atoms with Gasteiger partial charge in [-0.25, -0.2) is 13.4 Å². The van der Waals surface area contributed by atoms with Crippen LogP contribution in [0.15, 0.2) is 42.7 Å². The molecule has 0 radical (unpaired) electrons. The lowest BCUT2D eigenvalue weighted by Gasteiger charge is -2.27. The number of rotatable bonds is 6. The quantitative estimate of drug-likeness (QED) is 0.578. The number of carbonyl (C=O) groups excluding carboxylic acids is 1. The lowest BCUT2D eigenvalue weighted by molar-refractivity contribution is -0.121. The third-order valence-corrected chi connectivity index (χ3v) is 7.41. The number of methoxy groups -OCH3 is 1. The maximum Gasteiger partial charge on any atom is 0.247 e. The zero-order valence-corrected chi connectivity index (χ0v) is 18.3. The number of aromatic nitrogens is 2. The molecule has 1 atom stereocenters. The Labute approximate surface area is 179 Å². The minimum Gasteiger partial charge on any atom is -0.497 e. The summed E-state index contributed by atoms with van der Waals surface area (Å²) in [6.07, 6.45) is 5.66. The molecule has 30 heavy (non-hydrogen) atoms. The molecule has 0 N–H and O–H groups in total. The number of hydrogen-bond acceptors (Lipinski definition) is 7. The van der Waals surface area contributed by atoms with Gasteiger partial charge in [0.2, 0.25) is 15.9 Å². The van der Waals surface area contributed by atoms with Crippen LogP contribution in [0.5, 0.6) is 5.75 Å². The van der Waals surface area contributed by atoms with E-state index in [1.165, 1.54) is 15.6 Å². The van der Waals surface area contributed by atoms with Gasteiger partial charge in [0, 0.05) is 25.0 Å². The fourth-order valence-corrected chi connectivity index (χ4v) is 5.68. The van der Waals surface area contributed by atoms with Crippen molar-refractivity contribution in [3.05, 3.63) is 48.3 Å². The second-order valence-electron chi connectivity index (χ2n) is 7.15. The Morgan fingerprint density at radius 3 is 2.90 bits per heavy atom. The smallest absolute Gasteiger partial charge is 0.247 e. The van der Waals surface area contributed by atoms with Crippen LogP contribution in [0.4, 0.5) is 5.13 Å². The highest BCUT2D eigenvalue weighted by Crippen LogP contribution is 2.33. The van der Waals surface area contributed by atoms with Gasteiger partial charge in [-0.3, -0.25) is 14.7 Å². The van der Waals surface area contributed by atoms with Crippen LogP contribution in [0.3, 0.4) is 0 Å². The van der Waals surface area contributed by atoms with E-state index in [9.17, 15) is 13.2 Å². The van der Waals surface area contributed by atoms with Crippen molar-refractivity contribution in [1.82, 2.24) is 14.3 Å². The molecule has 2 aromatic heterocycles. The zero-order valence-electron chi connectivity index (χ0n) is 16.7. The predicted octanol–water partition coefficient (Wildman–Crippen LogP) is 2.66. The van der Waals surface area contributed by atoms with Crippen LogP contribution in [0, 0.1) is 0 Å². The van der Waals surface area contributed by atoms with Crippen LogP contribution in [0.25, 0.3) is 10.2 Å². The second kappa shape index (κ2) is 8.29. The third-order valence-electron chi connectivity index (χ3n) is 5.06. The molecule has 4 rings (SSSR count). The predicted molar refractivity (Wildman–Crippen MR) is 116 cm³/mol. The molecule has 10 heteroatoms. The number of fused-ring (bicyclic) bond motifs is 1. The first-order valence-electron chi connectivity index (χ1n) is 9.48. The summed E-state index contributed by atoms with van der Waals surface area (Å²) < 4.78 is 31.9. The molecule has 1 fully saturated rings. The van der Waals surface area contributed by atoms with Gasteiger partial charge in [-0.1, -0.05) is 17.4 Å². The molecule has 0 bridgehead atoms. The zero-order chi connectivity index (χ0) is 21.3. The highest BCUT2D eigenvalue weighted by Gasteiger charge is 2.39. The number of thiazole rings is 1. The van der Waals surface area contributed by atoms with Crippen molar-refractivity contribution < 1.29 is 17.9 Å². The summed E-state index contributed by atoms with van der Waals surface area (Å²) in [6, 6.07) is 8.53. The minimum absolute atomic E-state index is 0.262. The van der Waals surface area contributed by atoms with Crippen LogP contribution in [-0.2, 0) is 21.4 Å². The summed E-state index contributed by atoms with van der Waals surface area (Å²) in [6.45, 7) is 0.616. The second-order valence-corrected chi connectivity index (χ2v) is 10.1. The van der Waals surface area contributed by atoms with Gasteiger partial charge in [-0.2, -0.15) is 4.31 Å². The molecule has 1 aliphatic heterocycles. The Balaban J connectivity index is 1.74. The number of sulfonamides is 1. The molecule has 0 spiro atoms. The van der Waals surface area contributed by atoms with Crippen LogP contribution >= 0.6 is 11.3 Å². The number of anilines is 1. The Hall–Kier alpha value is -2.56. The van der Waals surface area contributed by atoms with E-state index in [1.54, 1.807) is 30.5 Å². The van der Waals surface area contributed by atoms with Gasteiger partial charge in [0.15, 0.2) is 5.13 Å². The average Bonchev–Trinajstić information content (AvgIpc) is 3.38. The number of pyridine rings is 1. The van der Waals surface area contributed by atoms with Crippen molar-refractivity contribution in [2.75, 3.05) is 24.8 Å². The topological polar surface area (TPSA) is 92.7 Å². The molecule has 1 aliphatic rings. The van der Waals surface area contributed by atoms with Gasteiger partial charge >= 0.3 is 0 Å². The van der Waals surface area contributed by atoms with Gasteiger partial charge in [-0.05, 0) is 36.6 Å². The van der Waals surface area contributed by atoms with Crippen molar-refractivity contribution in [2.24, 2.45) is 0 Å². The molecule has 1 amide bonds. The molecule has 158 valence electrons. The Morgan fingerprint density at radius 1 is 1.37 bits per heavy atom. The normalized spacial score (nSPS) is 17.3. The summed E-state index contributed by atoms with van der Waals surface area (Å²) in [5, 5.41) is 0.521. The number of benzene rings is 1. The first kappa shape index (κ1) is 20.7. The van der Waals surface area contributed by atoms with Crippen LogP contribution < -0.4 is 9.64 Å². The summed E-state index contributed by atoms with van der Waals surface area (Å²) in [5.74, 6) is 0.413. The number of carbonyl (C=O) groups is 1. The van der Waals surface area contributed by atoms with Crippen LogP contribution in [-0.4, -0.2) is 54.6 Å². The molecule has 1 aromatic carbocycles. The average molecular weight is 447 g/mol. The monoisotopic (exact) mass is 446 g/mol. The molecule has 3 aromatic rings. The summed E-state index contributed by atoms with van der Waals surface area (Å²) >= 11 is 1.39. The lowest BCUT2D eigenvalue weighted by atomic mass is 10.2. The van der Waals surface area contributed by atoms with E-state index >= 15 is 0 Å². The molecule has 0 aliphatic carbocycles. The molecule has 8 nitrogen and oxygen atoms in total. The first-order chi connectivity index (χ1) is 14.4. The molecule has 1 saturated heterocycles. The van der Waals surface area contributed by atoms with Crippen molar-refractivity contribution in [3.63, 3.8) is 0 Å². The van der Waals surface area contributed by atoms with E-state index in [1.807, 2.05) is 24.3 Å². The van der Waals surface area contributed by atoms with Crippen molar-refractivity contribution >= 4 is 42.6 Å². The van der Waals surface area contributed by atoms with Crippen molar-refractivity contribution in [1.29, 1.82) is 0 Å². The number of amides is 1. The maximum absolute atomic E-state index is 13.5. The van der Waals surface area contributed by atoms with E-state index < -0.39 is 16.1 Å². The van der Waals surface area contributed by atoms with E-state index in [-0.39, 0.29) is 12.5 Å². The van der Waals surface area contributed by atoms with Crippen LogP contribution in [0.1, 0.15) is 18.4 Å². The molecule has 1 unspecified atom stereocenters. The van der Waals surface area contributed by atoms with Crippen molar-refractivity contribution in [3.8, 4) is 5.75 Å². The van der Waals surface area contributed by atoms with Crippen LogP contribution in [0.2, 0.25) is 0 Å². The van der Waals surface area contributed by atoms with E-state index in [4.69, 9.17) is 4.74 Å². The van der Waals surface area contributed by atoms with Gasteiger partial charge in [-0.15, -0.1) is 0 Å². The van der Waals surface area contributed by atoms with Crippen molar-refractivity contribution in [2.45, 2.75) is 25.4 Å². The van der Waals surface area contributed by atoms with E-state index in [2.05, 4.69) is 9.97 Å². The number of ether oxygens (including phenoxy) is 1. The maximum atomic E-state index is 13.5. The minimum atomic E-state index is -3.48. The Kier molecular flexibility index (Phi) is 5.72. The fraction of sp³-hybridized carbons (Fsp3) is 0.350. The van der Waals surface area contributed by atoms with Gasteiger partial charge in [0.25, 0.3) is 0 Å². The lowest BCUT2D eigenvalue weighted by Crippen LogP contribution is -2.47. The molecule has 0 saturated carbocycles. The van der Waals surface area contributed by atoms with Gasteiger partial charge in [0.05, 0.1) is 30.1 Å². The SMILES string of the molecule is COc1ccc2sc(N(Cc3cccnc3)C(=O)C3CCCN3S(C)(=O)=O)nc2c1. The Morgan fingerprint density at radius 2 is 2.20 bits per heavy atom. The summed E-state index contributed by atoms with van der Waals surface area (Å²) in [4.78, 5) is 23.9. The molecular formula is C20H22N4O4S2. The highest BCUT2D eigenvalue weighted by atomic mass is 32.2. The highest BCUT2D eigenvalue weighted by molar-refractivity contribution is 7.88. The number of hydrogen-bond donors (Lipinski definition) is 0. The van der Waals surface area contributed by atoms with Gasteiger partial charge in [0.1, 0.15) is 11.8 Å².